The van der Waals surface area contributed by atoms with Gasteiger partial charge in [0.2, 0.25) is 0 Å². The Labute approximate surface area is 86.9 Å². The minimum absolute atomic E-state index is 0.208. The Morgan fingerprint density at radius 2 is 2.50 bits per heavy atom. The van der Waals surface area contributed by atoms with E-state index in [1.54, 1.807) is 11.3 Å². The minimum atomic E-state index is 0.208. The molecule has 0 bridgehead atoms. The molecule has 1 aromatic rings. The van der Waals surface area contributed by atoms with Crippen LogP contribution in [0.3, 0.4) is 0 Å². The summed E-state index contributed by atoms with van der Waals surface area (Å²) in [5.41, 5.74) is 6.39. The zero-order chi connectivity index (χ0) is 10.6. The first-order chi connectivity index (χ1) is 6.61. The molecular weight excluding hydrogens is 200 g/mol. The summed E-state index contributed by atoms with van der Waals surface area (Å²) in [4.78, 5) is 6.25. The molecule has 0 fully saturated rings. The van der Waals surface area contributed by atoms with E-state index in [9.17, 15) is 0 Å². The highest BCUT2D eigenvalue weighted by molar-refractivity contribution is 7.09. The van der Waals surface area contributed by atoms with Crippen molar-refractivity contribution in [3.8, 4) is 0 Å². The maximum absolute atomic E-state index is 8.38. The van der Waals surface area contributed by atoms with Gasteiger partial charge in [0.1, 0.15) is 0 Å². The van der Waals surface area contributed by atoms with Crippen LogP contribution in [0.25, 0.3) is 0 Å². The van der Waals surface area contributed by atoms with Crippen molar-refractivity contribution < 1.29 is 5.21 Å². The SMILES string of the molecule is Cc1nc(CN(C)CC(N)=NO)cs1. The fourth-order valence-corrected chi connectivity index (χ4v) is 1.73. The van der Waals surface area contributed by atoms with Gasteiger partial charge in [-0.2, -0.15) is 0 Å². The third kappa shape index (κ3) is 3.31. The Morgan fingerprint density at radius 1 is 1.79 bits per heavy atom. The average molecular weight is 214 g/mol. The van der Waals surface area contributed by atoms with Crippen molar-refractivity contribution >= 4 is 17.2 Å². The number of amidine groups is 1. The van der Waals surface area contributed by atoms with Crippen LogP contribution in [0.5, 0.6) is 0 Å². The van der Waals surface area contributed by atoms with Gasteiger partial charge in [-0.1, -0.05) is 5.16 Å². The third-order valence-electron chi connectivity index (χ3n) is 1.66. The first-order valence-electron chi connectivity index (χ1n) is 4.17. The molecule has 0 spiro atoms. The number of aryl methyl sites for hydroxylation is 1. The standard InChI is InChI=1S/C8H14N4OS/c1-6-10-7(5-14-6)3-12(2)4-8(9)11-13/h5,13H,3-4H2,1-2H3,(H2,9,11). The van der Waals surface area contributed by atoms with E-state index in [1.807, 2.05) is 24.3 Å². The Hall–Kier alpha value is -1.14. The van der Waals surface area contributed by atoms with Gasteiger partial charge in [0.15, 0.2) is 5.84 Å². The molecule has 0 radical (unpaired) electrons. The summed E-state index contributed by atoms with van der Waals surface area (Å²) in [7, 11) is 1.90. The van der Waals surface area contributed by atoms with Crippen molar-refractivity contribution in [2.45, 2.75) is 13.5 Å². The predicted octanol–water partition coefficient (Wildman–Crippen LogP) is 0.630. The molecule has 0 aliphatic carbocycles. The van der Waals surface area contributed by atoms with E-state index < -0.39 is 0 Å². The third-order valence-corrected chi connectivity index (χ3v) is 2.48. The Kier molecular flexibility index (Phi) is 3.84. The van der Waals surface area contributed by atoms with Gasteiger partial charge in [-0.15, -0.1) is 11.3 Å². The number of aromatic nitrogens is 1. The molecule has 0 aliphatic rings. The largest absolute Gasteiger partial charge is 0.409 e. The highest BCUT2D eigenvalue weighted by Crippen LogP contribution is 2.09. The second-order valence-corrected chi connectivity index (χ2v) is 4.18. The lowest BCUT2D eigenvalue weighted by molar-refractivity contribution is 0.307. The molecule has 0 saturated heterocycles. The highest BCUT2D eigenvalue weighted by atomic mass is 32.1. The van der Waals surface area contributed by atoms with Gasteiger partial charge in [0.25, 0.3) is 0 Å². The second-order valence-electron chi connectivity index (χ2n) is 3.12. The summed E-state index contributed by atoms with van der Waals surface area (Å²) >= 11 is 1.62. The molecule has 1 heterocycles. The van der Waals surface area contributed by atoms with E-state index in [1.165, 1.54) is 0 Å². The summed E-state index contributed by atoms with van der Waals surface area (Å²) in [5.74, 6) is 0.208. The maximum Gasteiger partial charge on any atom is 0.153 e. The molecule has 0 unspecified atom stereocenters. The van der Waals surface area contributed by atoms with Gasteiger partial charge in [-0.25, -0.2) is 4.98 Å². The van der Waals surface area contributed by atoms with Crippen molar-refractivity contribution in [3.05, 3.63) is 16.1 Å². The van der Waals surface area contributed by atoms with Crippen molar-refractivity contribution in [3.63, 3.8) is 0 Å². The van der Waals surface area contributed by atoms with Gasteiger partial charge in [-0.3, -0.25) is 4.90 Å². The molecule has 0 saturated carbocycles. The number of likely N-dealkylation sites (N-methyl/N-ethyl adjacent to an activating group) is 1. The molecule has 1 aromatic heterocycles. The van der Waals surface area contributed by atoms with Crippen LogP contribution in [0.4, 0.5) is 0 Å². The van der Waals surface area contributed by atoms with E-state index in [0.29, 0.717) is 13.1 Å². The van der Waals surface area contributed by atoms with Crippen molar-refractivity contribution in [1.29, 1.82) is 0 Å². The van der Waals surface area contributed by atoms with Gasteiger partial charge in [0, 0.05) is 11.9 Å². The van der Waals surface area contributed by atoms with E-state index in [-0.39, 0.29) is 5.84 Å². The average Bonchev–Trinajstić information content (AvgIpc) is 2.50. The smallest absolute Gasteiger partial charge is 0.153 e. The molecule has 6 heteroatoms. The lowest BCUT2D eigenvalue weighted by atomic mass is 10.4. The number of oxime groups is 1. The number of thiazole rings is 1. The number of rotatable bonds is 4. The number of hydrogen-bond acceptors (Lipinski definition) is 5. The quantitative estimate of drug-likeness (QED) is 0.333. The molecular formula is C8H14N4OS. The molecule has 0 atom stereocenters. The molecule has 3 N–H and O–H groups in total. The summed E-state index contributed by atoms with van der Waals surface area (Å²) < 4.78 is 0. The van der Waals surface area contributed by atoms with Crippen LogP contribution < -0.4 is 5.73 Å². The van der Waals surface area contributed by atoms with Crippen LogP contribution in [-0.2, 0) is 6.54 Å². The summed E-state index contributed by atoms with van der Waals surface area (Å²) in [6, 6.07) is 0. The van der Waals surface area contributed by atoms with Crippen LogP contribution in [0.15, 0.2) is 10.5 Å². The monoisotopic (exact) mass is 214 g/mol. The minimum Gasteiger partial charge on any atom is -0.409 e. The topological polar surface area (TPSA) is 74.7 Å². The molecule has 0 aliphatic heterocycles. The van der Waals surface area contributed by atoms with Crippen LogP contribution in [0.1, 0.15) is 10.7 Å². The van der Waals surface area contributed by atoms with Crippen molar-refractivity contribution in [1.82, 2.24) is 9.88 Å². The second kappa shape index (κ2) is 4.92. The number of nitrogens with two attached hydrogens (primary N) is 1. The fraction of sp³-hybridized carbons (Fsp3) is 0.500. The Bertz CT molecular complexity index is 323. The van der Waals surface area contributed by atoms with E-state index in [4.69, 9.17) is 10.9 Å². The normalized spacial score (nSPS) is 12.4. The fourth-order valence-electron chi connectivity index (χ4n) is 1.12. The lowest BCUT2D eigenvalue weighted by Crippen LogP contribution is -2.30. The van der Waals surface area contributed by atoms with Crippen molar-refractivity contribution in [2.75, 3.05) is 13.6 Å². The van der Waals surface area contributed by atoms with E-state index in [2.05, 4.69) is 10.1 Å². The number of nitrogens with zero attached hydrogens (tertiary/aromatic N) is 3. The van der Waals surface area contributed by atoms with Crippen molar-refractivity contribution in [2.24, 2.45) is 10.9 Å². The summed E-state index contributed by atoms with van der Waals surface area (Å²) in [5, 5.41) is 14.4. The Balaban J connectivity index is 2.45. The van der Waals surface area contributed by atoms with Crippen LogP contribution in [-0.4, -0.2) is 34.5 Å². The zero-order valence-electron chi connectivity index (χ0n) is 8.27. The van der Waals surface area contributed by atoms with Crippen LogP contribution >= 0.6 is 11.3 Å². The predicted molar refractivity (Wildman–Crippen MR) is 56.6 cm³/mol. The maximum atomic E-state index is 8.38. The van der Waals surface area contributed by atoms with Crippen LogP contribution in [0.2, 0.25) is 0 Å². The molecule has 0 aromatic carbocycles. The zero-order valence-corrected chi connectivity index (χ0v) is 9.08. The van der Waals surface area contributed by atoms with Gasteiger partial charge in [0.05, 0.1) is 17.2 Å². The summed E-state index contributed by atoms with van der Waals surface area (Å²) in [6.45, 7) is 3.12. The summed E-state index contributed by atoms with van der Waals surface area (Å²) in [6.07, 6.45) is 0. The first kappa shape index (κ1) is 10.9. The molecule has 78 valence electrons. The van der Waals surface area contributed by atoms with E-state index in [0.717, 1.165) is 10.7 Å². The molecule has 1 rings (SSSR count). The van der Waals surface area contributed by atoms with Gasteiger partial charge in [-0.05, 0) is 14.0 Å². The molecule has 5 nitrogen and oxygen atoms in total. The first-order valence-corrected chi connectivity index (χ1v) is 5.05. The van der Waals surface area contributed by atoms with E-state index >= 15 is 0 Å². The lowest BCUT2D eigenvalue weighted by Gasteiger charge is -2.13. The van der Waals surface area contributed by atoms with Gasteiger partial charge >= 0.3 is 0 Å². The molecule has 0 amide bonds. The van der Waals surface area contributed by atoms with Crippen LogP contribution in [0, 0.1) is 6.92 Å². The number of hydrogen-bond donors (Lipinski definition) is 2. The van der Waals surface area contributed by atoms with Gasteiger partial charge < -0.3 is 10.9 Å². The molecule has 14 heavy (non-hydrogen) atoms. The Morgan fingerprint density at radius 3 is 3.00 bits per heavy atom. The highest BCUT2D eigenvalue weighted by Gasteiger charge is 2.05.